The monoisotopic (exact) mass is 228 g/mol. The Bertz CT molecular complexity index is 548. The Labute approximate surface area is 101 Å². The zero-order valence-corrected chi connectivity index (χ0v) is 10.2. The number of aromatic nitrogens is 2. The molecule has 0 saturated heterocycles. The van der Waals surface area contributed by atoms with Crippen molar-refractivity contribution in [3.8, 4) is 6.07 Å². The molecule has 0 aliphatic heterocycles. The third-order valence-electron chi connectivity index (χ3n) is 2.64. The number of imidazole rings is 1. The van der Waals surface area contributed by atoms with Crippen molar-refractivity contribution in [3.05, 3.63) is 30.1 Å². The summed E-state index contributed by atoms with van der Waals surface area (Å²) in [4.78, 5) is 6.71. The van der Waals surface area contributed by atoms with Crippen LogP contribution in [0.15, 0.2) is 24.3 Å². The number of rotatable bonds is 4. The third kappa shape index (κ3) is 2.45. The van der Waals surface area contributed by atoms with Gasteiger partial charge in [-0.25, -0.2) is 4.98 Å². The molecular weight excluding hydrogens is 212 g/mol. The number of aryl methyl sites for hydroxylation is 1. The van der Waals surface area contributed by atoms with Gasteiger partial charge in [0.05, 0.1) is 30.1 Å². The minimum atomic E-state index is 0.515. The standard InChI is InChI=1S/C13H16N4/c1-16(2)10-13-15-11-6-3-4-7-12(11)17(13)9-5-8-14/h3-4,6-7H,5,9-10H2,1-2H3. The first-order valence-corrected chi connectivity index (χ1v) is 5.68. The van der Waals surface area contributed by atoms with Crippen LogP contribution in [-0.4, -0.2) is 28.5 Å². The first kappa shape index (κ1) is 11.6. The van der Waals surface area contributed by atoms with Gasteiger partial charge in [0.15, 0.2) is 0 Å². The summed E-state index contributed by atoms with van der Waals surface area (Å²) in [6, 6.07) is 10.3. The number of hydrogen-bond acceptors (Lipinski definition) is 3. The van der Waals surface area contributed by atoms with Gasteiger partial charge in [0.25, 0.3) is 0 Å². The molecule has 0 N–H and O–H groups in total. The molecule has 0 saturated carbocycles. The molecular formula is C13H16N4. The SMILES string of the molecule is CN(C)Cc1nc2ccccc2n1CCC#N. The highest BCUT2D eigenvalue weighted by Gasteiger charge is 2.10. The van der Waals surface area contributed by atoms with Gasteiger partial charge in [0.2, 0.25) is 0 Å². The molecule has 0 spiro atoms. The Morgan fingerprint density at radius 1 is 1.35 bits per heavy atom. The van der Waals surface area contributed by atoms with Gasteiger partial charge >= 0.3 is 0 Å². The van der Waals surface area contributed by atoms with E-state index in [2.05, 4.69) is 26.6 Å². The Balaban J connectivity index is 2.45. The van der Waals surface area contributed by atoms with Crippen molar-refractivity contribution in [1.29, 1.82) is 5.26 Å². The van der Waals surface area contributed by atoms with Crippen LogP contribution >= 0.6 is 0 Å². The first-order chi connectivity index (χ1) is 8.22. The highest BCUT2D eigenvalue weighted by Crippen LogP contribution is 2.17. The normalized spacial score (nSPS) is 10.9. The smallest absolute Gasteiger partial charge is 0.124 e. The molecule has 0 bridgehead atoms. The summed E-state index contributed by atoms with van der Waals surface area (Å²) in [7, 11) is 4.04. The average molecular weight is 228 g/mol. The lowest BCUT2D eigenvalue weighted by Crippen LogP contribution is -2.15. The van der Waals surface area contributed by atoms with Gasteiger partial charge in [-0.05, 0) is 26.2 Å². The van der Waals surface area contributed by atoms with Crippen LogP contribution < -0.4 is 0 Å². The predicted octanol–water partition coefficient (Wildman–Crippen LogP) is 2.01. The van der Waals surface area contributed by atoms with Crippen LogP contribution in [0.2, 0.25) is 0 Å². The van der Waals surface area contributed by atoms with Gasteiger partial charge < -0.3 is 9.47 Å². The van der Waals surface area contributed by atoms with Crippen molar-refractivity contribution in [2.75, 3.05) is 14.1 Å². The van der Waals surface area contributed by atoms with Crippen molar-refractivity contribution < 1.29 is 0 Å². The Kier molecular flexibility index (Phi) is 3.40. The maximum absolute atomic E-state index is 8.72. The van der Waals surface area contributed by atoms with E-state index in [0.29, 0.717) is 13.0 Å². The van der Waals surface area contributed by atoms with Crippen LogP contribution in [0, 0.1) is 11.3 Å². The molecule has 1 aromatic heterocycles. The average Bonchev–Trinajstić information content (AvgIpc) is 2.63. The molecule has 0 unspecified atom stereocenters. The number of fused-ring (bicyclic) bond motifs is 1. The van der Waals surface area contributed by atoms with Crippen LogP contribution in [0.3, 0.4) is 0 Å². The third-order valence-corrected chi connectivity index (χ3v) is 2.64. The second-order valence-electron chi connectivity index (χ2n) is 4.31. The summed E-state index contributed by atoms with van der Waals surface area (Å²) in [5.74, 6) is 1.02. The molecule has 2 aromatic rings. The van der Waals surface area contributed by atoms with E-state index in [1.54, 1.807) is 0 Å². The number of nitriles is 1. The van der Waals surface area contributed by atoms with Crippen LogP contribution in [0.25, 0.3) is 11.0 Å². The summed E-state index contributed by atoms with van der Waals surface area (Å²) < 4.78 is 2.14. The second kappa shape index (κ2) is 4.98. The molecule has 1 aromatic carbocycles. The lowest BCUT2D eigenvalue weighted by atomic mass is 10.3. The Hall–Kier alpha value is -1.86. The summed E-state index contributed by atoms with van der Waals surface area (Å²) >= 11 is 0. The highest BCUT2D eigenvalue weighted by atomic mass is 15.2. The van der Waals surface area contributed by atoms with Gasteiger partial charge in [-0.3, -0.25) is 0 Å². The molecule has 0 atom stereocenters. The van der Waals surface area contributed by atoms with Gasteiger partial charge in [-0.15, -0.1) is 0 Å². The Morgan fingerprint density at radius 2 is 2.12 bits per heavy atom. The summed E-state index contributed by atoms with van der Waals surface area (Å²) in [6.07, 6.45) is 0.515. The van der Waals surface area contributed by atoms with Gasteiger partial charge in [-0.1, -0.05) is 12.1 Å². The molecule has 17 heavy (non-hydrogen) atoms. The molecule has 0 radical (unpaired) electrons. The lowest BCUT2D eigenvalue weighted by molar-refractivity contribution is 0.382. The van der Waals surface area contributed by atoms with E-state index in [9.17, 15) is 0 Å². The lowest BCUT2D eigenvalue weighted by Gasteiger charge is -2.11. The zero-order valence-electron chi connectivity index (χ0n) is 10.2. The van der Waals surface area contributed by atoms with E-state index in [0.717, 1.165) is 23.4 Å². The fourth-order valence-electron chi connectivity index (χ4n) is 1.94. The van der Waals surface area contributed by atoms with E-state index in [1.165, 1.54) is 0 Å². The predicted molar refractivity (Wildman–Crippen MR) is 67.4 cm³/mol. The van der Waals surface area contributed by atoms with E-state index < -0.39 is 0 Å². The van der Waals surface area contributed by atoms with Crippen LogP contribution in [0.5, 0.6) is 0 Å². The number of hydrogen-bond donors (Lipinski definition) is 0. The largest absolute Gasteiger partial charge is 0.326 e. The van der Waals surface area contributed by atoms with Crippen molar-refractivity contribution in [1.82, 2.24) is 14.5 Å². The minimum absolute atomic E-state index is 0.515. The molecule has 0 aliphatic rings. The molecule has 4 heteroatoms. The number of benzene rings is 1. The fraction of sp³-hybridized carbons (Fsp3) is 0.385. The van der Waals surface area contributed by atoms with Crippen molar-refractivity contribution in [2.24, 2.45) is 0 Å². The van der Waals surface area contributed by atoms with E-state index in [4.69, 9.17) is 5.26 Å². The van der Waals surface area contributed by atoms with Crippen molar-refractivity contribution >= 4 is 11.0 Å². The van der Waals surface area contributed by atoms with Gasteiger partial charge in [-0.2, -0.15) is 5.26 Å². The van der Waals surface area contributed by atoms with E-state index >= 15 is 0 Å². The van der Waals surface area contributed by atoms with E-state index in [1.807, 2.05) is 32.3 Å². The van der Waals surface area contributed by atoms with Crippen LogP contribution in [0.1, 0.15) is 12.2 Å². The summed E-state index contributed by atoms with van der Waals surface area (Å²) in [6.45, 7) is 1.50. The molecule has 0 fully saturated rings. The molecule has 1 heterocycles. The topological polar surface area (TPSA) is 44.9 Å². The molecule has 2 rings (SSSR count). The zero-order chi connectivity index (χ0) is 12.3. The van der Waals surface area contributed by atoms with Crippen LogP contribution in [0.4, 0.5) is 0 Å². The van der Waals surface area contributed by atoms with Gasteiger partial charge in [0, 0.05) is 6.54 Å². The minimum Gasteiger partial charge on any atom is -0.326 e. The van der Waals surface area contributed by atoms with Crippen molar-refractivity contribution in [3.63, 3.8) is 0 Å². The fourth-order valence-corrected chi connectivity index (χ4v) is 1.94. The van der Waals surface area contributed by atoms with Gasteiger partial charge in [0.1, 0.15) is 5.82 Å². The Morgan fingerprint density at radius 3 is 2.82 bits per heavy atom. The maximum Gasteiger partial charge on any atom is 0.124 e. The number of nitrogens with zero attached hydrogens (tertiary/aromatic N) is 4. The summed E-state index contributed by atoms with van der Waals surface area (Å²) in [5, 5.41) is 8.72. The molecule has 4 nitrogen and oxygen atoms in total. The van der Waals surface area contributed by atoms with Crippen LogP contribution in [-0.2, 0) is 13.1 Å². The highest BCUT2D eigenvalue weighted by molar-refractivity contribution is 5.75. The first-order valence-electron chi connectivity index (χ1n) is 5.68. The maximum atomic E-state index is 8.72. The second-order valence-corrected chi connectivity index (χ2v) is 4.31. The molecule has 0 aliphatic carbocycles. The molecule has 88 valence electrons. The summed E-state index contributed by atoms with van der Waals surface area (Å²) in [5.41, 5.74) is 2.11. The number of para-hydroxylation sites is 2. The quantitative estimate of drug-likeness (QED) is 0.804. The molecule has 0 amide bonds. The van der Waals surface area contributed by atoms with E-state index in [-0.39, 0.29) is 0 Å². The van der Waals surface area contributed by atoms with Crippen molar-refractivity contribution in [2.45, 2.75) is 19.5 Å².